The van der Waals surface area contributed by atoms with Crippen LogP contribution in [0, 0.1) is 6.92 Å². The molecule has 0 aliphatic carbocycles. The first-order chi connectivity index (χ1) is 20.5. The molecule has 3 N–H and O–H groups in total. The Bertz CT molecular complexity index is 920. The van der Waals surface area contributed by atoms with E-state index in [4.69, 9.17) is 5.73 Å². The van der Waals surface area contributed by atoms with Crippen molar-refractivity contribution < 1.29 is 0 Å². The summed E-state index contributed by atoms with van der Waals surface area (Å²) in [4.78, 5) is 2.64. The molecule has 0 saturated heterocycles. The van der Waals surface area contributed by atoms with Crippen molar-refractivity contribution in [3.63, 3.8) is 0 Å². The number of anilines is 1. The lowest BCUT2D eigenvalue weighted by molar-refractivity contribution is 0.581. The maximum atomic E-state index is 5.01. The molecule has 238 valence electrons. The van der Waals surface area contributed by atoms with Gasteiger partial charge in [0.2, 0.25) is 0 Å². The summed E-state index contributed by atoms with van der Waals surface area (Å²) in [7, 11) is 0. The van der Waals surface area contributed by atoms with Crippen LogP contribution in [0.3, 0.4) is 0 Å². The van der Waals surface area contributed by atoms with E-state index in [9.17, 15) is 0 Å². The molecule has 0 amide bonds. The molecule has 3 nitrogen and oxygen atoms in total. The highest BCUT2D eigenvalue weighted by atomic mass is 32.2. The summed E-state index contributed by atoms with van der Waals surface area (Å²) in [5, 5.41) is 5.54. The van der Waals surface area contributed by atoms with Crippen LogP contribution >= 0.6 is 11.8 Å². The number of hydrogen-bond acceptors (Lipinski definition) is 4. The van der Waals surface area contributed by atoms with E-state index in [-0.39, 0.29) is 0 Å². The van der Waals surface area contributed by atoms with E-state index in [1.807, 2.05) is 5.41 Å². The zero-order chi connectivity index (χ0) is 30.8. The fourth-order valence-corrected chi connectivity index (χ4v) is 5.51. The van der Waals surface area contributed by atoms with Crippen LogP contribution < -0.4 is 16.0 Å². The van der Waals surface area contributed by atoms with E-state index >= 15 is 0 Å². The molecular weight excluding hydrogens is 531 g/mol. The van der Waals surface area contributed by atoms with Crippen LogP contribution in [0.4, 0.5) is 5.69 Å². The third-order valence-electron chi connectivity index (χ3n) is 7.91. The fourth-order valence-electron chi connectivity index (χ4n) is 5.21. The first-order valence-electron chi connectivity index (χ1n) is 17.1. The predicted octanol–water partition coefficient (Wildman–Crippen LogP) is 10.4. The highest BCUT2D eigenvalue weighted by Crippen LogP contribution is 2.29. The van der Waals surface area contributed by atoms with Gasteiger partial charge in [-0.15, -0.1) is 11.8 Å². The van der Waals surface area contributed by atoms with Crippen LogP contribution in [0.15, 0.2) is 54.1 Å². The van der Waals surface area contributed by atoms with Crippen molar-refractivity contribution >= 4 is 17.4 Å². The largest absolute Gasteiger partial charge is 0.404 e. The number of hydrogen-bond donors (Lipinski definition) is 2. The average molecular weight is 596 g/mol. The Morgan fingerprint density at radius 2 is 1.60 bits per heavy atom. The molecule has 1 atom stereocenters. The smallest absolute Gasteiger partial charge is 0.0401 e. The van der Waals surface area contributed by atoms with Gasteiger partial charge in [0, 0.05) is 25.0 Å². The van der Waals surface area contributed by atoms with Gasteiger partial charge in [0.1, 0.15) is 0 Å². The molecule has 42 heavy (non-hydrogen) atoms. The van der Waals surface area contributed by atoms with Crippen LogP contribution in [-0.4, -0.2) is 31.9 Å². The van der Waals surface area contributed by atoms with Crippen molar-refractivity contribution in [2.75, 3.05) is 36.8 Å². The standard InChI is InChI=1S/C28H42N2.C6H14.C4H9NS/c1-4-5-6-20-30-21-8-10-27-16-13-25(22-28(27)30)9-7-18-29-19-17-24(3)26-14-11-23(2)12-15-26;1-3-5-6-4-2;1-2-6-4-3-5/h11-16,22,24,29H,4-10,17-21H2,1-3H3;3-6H2,1-2H3;3-4H,2,5H2,1H3/b;;4-3-. The molecule has 0 bridgehead atoms. The Morgan fingerprint density at radius 3 is 2.21 bits per heavy atom. The van der Waals surface area contributed by atoms with Gasteiger partial charge in [-0.05, 0) is 98.4 Å². The maximum absolute atomic E-state index is 5.01. The molecule has 1 unspecified atom stereocenters. The van der Waals surface area contributed by atoms with Crippen LogP contribution in [0.25, 0.3) is 0 Å². The van der Waals surface area contributed by atoms with Gasteiger partial charge in [0.15, 0.2) is 0 Å². The molecule has 1 aliphatic heterocycles. The van der Waals surface area contributed by atoms with E-state index in [1.54, 1.807) is 23.5 Å². The number of nitrogens with zero attached hydrogens (tertiary/aromatic N) is 1. The minimum Gasteiger partial charge on any atom is -0.404 e. The van der Waals surface area contributed by atoms with Crippen LogP contribution in [-0.2, 0) is 12.8 Å². The molecule has 1 heterocycles. The van der Waals surface area contributed by atoms with Crippen LogP contribution in [0.2, 0.25) is 0 Å². The summed E-state index contributed by atoms with van der Waals surface area (Å²) in [5.74, 6) is 1.73. The van der Waals surface area contributed by atoms with Crippen LogP contribution in [0.5, 0.6) is 0 Å². The molecule has 0 spiro atoms. The van der Waals surface area contributed by atoms with Crippen molar-refractivity contribution in [1.82, 2.24) is 5.32 Å². The zero-order valence-electron chi connectivity index (χ0n) is 28.2. The summed E-state index contributed by atoms with van der Waals surface area (Å²) in [6.45, 7) is 18.0. The van der Waals surface area contributed by atoms with Gasteiger partial charge in [-0.25, -0.2) is 0 Å². The number of fused-ring (bicyclic) bond motifs is 1. The SMILES string of the molecule is CCCCCC.CCCCCN1CCCc2ccc(CCCNCCC(C)c3ccc(C)cc3)cc21.CCS/C=C\N. The van der Waals surface area contributed by atoms with E-state index in [0.29, 0.717) is 5.92 Å². The third-order valence-corrected chi connectivity index (χ3v) is 8.60. The van der Waals surface area contributed by atoms with E-state index < -0.39 is 0 Å². The lowest BCUT2D eigenvalue weighted by atomic mass is 9.97. The number of thioether (sulfide) groups is 1. The van der Waals surface area contributed by atoms with Gasteiger partial charge in [0.25, 0.3) is 0 Å². The summed E-state index contributed by atoms with van der Waals surface area (Å²) < 4.78 is 0. The Morgan fingerprint density at radius 1 is 0.905 bits per heavy atom. The Hall–Kier alpha value is -1.91. The first-order valence-corrected chi connectivity index (χ1v) is 18.2. The molecule has 2 aromatic rings. The number of nitrogens with one attached hydrogen (secondary N) is 1. The topological polar surface area (TPSA) is 41.3 Å². The Balaban J connectivity index is 0.000000618. The average Bonchev–Trinajstić information content (AvgIpc) is 3.01. The second kappa shape index (κ2) is 25.6. The number of rotatable bonds is 17. The highest BCUT2D eigenvalue weighted by Gasteiger charge is 2.16. The lowest BCUT2D eigenvalue weighted by Gasteiger charge is -2.32. The number of unbranched alkanes of at least 4 members (excludes halogenated alkanes) is 5. The van der Waals surface area contributed by atoms with Gasteiger partial charge in [-0.2, -0.15) is 0 Å². The second-order valence-corrected chi connectivity index (χ2v) is 12.9. The van der Waals surface area contributed by atoms with Crippen molar-refractivity contribution in [1.29, 1.82) is 0 Å². The number of nitrogens with two attached hydrogens (primary N) is 1. The molecule has 4 heteroatoms. The molecule has 1 aliphatic rings. The fraction of sp³-hybridized carbons (Fsp3) is 0.632. The van der Waals surface area contributed by atoms with E-state index in [1.165, 1.54) is 113 Å². The highest BCUT2D eigenvalue weighted by molar-refractivity contribution is 8.02. The second-order valence-electron chi connectivity index (χ2n) is 11.7. The molecule has 0 saturated carbocycles. The van der Waals surface area contributed by atoms with E-state index in [0.717, 1.165) is 18.8 Å². The maximum Gasteiger partial charge on any atom is 0.0401 e. The van der Waals surface area contributed by atoms with Gasteiger partial charge in [-0.1, -0.05) is 115 Å². The Labute approximate surface area is 265 Å². The zero-order valence-corrected chi connectivity index (χ0v) is 29.0. The molecular formula is C38H65N3S. The van der Waals surface area contributed by atoms with Gasteiger partial charge >= 0.3 is 0 Å². The monoisotopic (exact) mass is 595 g/mol. The summed E-state index contributed by atoms with van der Waals surface area (Å²) in [5.41, 5.74) is 12.4. The van der Waals surface area contributed by atoms with E-state index in [2.05, 4.69) is 94.2 Å². The minimum atomic E-state index is 0.623. The normalized spacial score (nSPS) is 13.1. The van der Waals surface area contributed by atoms with Crippen molar-refractivity contribution in [2.24, 2.45) is 5.73 Å². The molecule has 0 radical (unpaired) electrons. The minimum absolute atomic E-state index is 0.623. The first kappa shape index (κ1) is 38.1. The van der Waals surface area contributed by atoms with Crippen LogP contribution in [0.1, 0.15) is 127 Å². The van der Waals surface area contributed by atoms with Gasteiger partial charge < -0.3 is 16.0 Å². The molecule has 0 fully saturated rings. The molecule has 0 aromatic heterocycles. The van der Waals surface area contributed by atoms with Crippen molar-refractivity contribution in [3.8, 4) is 0 Å². The van der Waals surface area contributed by atoms with Gasteiger partial charge in [-0.3, -0.25) is 0 Å². The summed E-state index contributed by atoms with van der Waals surface area (Å²) in [6.07, 6.45) is 17.2. The summed E-state index contributed by atoms with van der Waals surface area (Å²) >= 11 is 1.70. The Kier molecular flexibility index (Phi) is 23.2. The third kappa shape index (κ3) is 17.3. The van der Waals surface area contributed by atoms with Gasteiger partial charge in [0.05, 0.1) is 0 Å². The summed E-state index contributed by atoms with van der Waals surface area (Å²) in [6, 6.07) is 16.3. The quantitative estimate of drug-likeness (QED) is 0.179. The molecule has 2 aromatic carbocycles. The molecule has 3 rings (SSSR count). The number of benzene rings is 2. The number of aryl methyl sites for hydroxylation is 3. The lowest BCUT2D eigenvalue weighted by Crippen LogP contribution is -2.30. The van der Waals surface area contributed by atoms with Crippen molar-refractivity contribution in [3.05, 3.63) is 76.3 Å². The van der Waals surface area contributed by atoms with Crippen molar-refractivity contribution in [2.45, 2.75) is 125 Å². The predicted molar refractivity (Wildman–Crippen MR) is 193 cm³/mol.